The number of carbonyl (C=O) groups is 1. The highest BCUT2D eigenvalue weighted by molar-refractivity contribution is 9.10. The van der Waals surface area contributed by atoms with E-state index < -0.39 is 5.91 Å². The average Bonchev–Trinajstić information content (AvgIpc) is 2.75. The van der Waals surface area contributed by atoms with Crippen molar-refractivity contribution in [2.75, 3.05) is 7.11 Å². The lowest BCUT2D eigenvalue weighted by Gasteiger charge is -2.13. The minimum Gasteiger partial charge on any atom is -0.507 e. The van der Waals surface area contributed by atoms with Crippen LogP contribution in [0, 0.1) is 0 Å². The third-order valence-electron chi connectivity index (χ3n) is 4.13. The first-order chi connectivity index (χ1) is 14.9. The Labute approximate surface area is 197 Å². The molecule has 1 amide bonds. The Bertz CT molecular complexity index is 1120. The summed E-state index contributed by atoms with van der Waals surface area (Å²) >= 11 is 15.5. The van der Waals surface area contributed by atoms with Crippen molar-refractivity contribution in [3.8, 4) is 17.2 Å². The van der Waals surface area contributed by atoms with Crippen molar-refractivity contribution in [1.82, 2.24) is 5.43 Å². The van der Waals surface area contributed by atoms with Gasteiger partial charge < -0.3 is 14.6 Å². The maximum Gasteiger partial charge on any atom is 0.275 e. The quantitative estimate of drug-likeness (QED) is 0.302. The van der Waals surface area contributed by atoms with Crippen LogP contribution in [0.4, 0.5) is 0 Å². The molecule has 0 spiro atoms. The molecule has 0 fully saturated rings. The van der Waals surface area contributed by atoms with Crippen molar-refractivity contribution < 1.29 is 19.4 Å². The molecule has 0 bridgehead atoms. The van der Waals surface area contributed by atoms with Crippen molar-refractivity contribution >= 4 is 51.3 Å². The van der Waals surface area contributed by atoms with E-state index in [0.717, 1.165) is 5.56 Å². The first kappa shape index (κ1) is 22.9. The summed E-state index contributed by atoms with van der Waals surface area (Å²) in [5.74, 6) is 0.0945. The molecule has 0 unspecified atom stereocenters. The van der Waals surface area contributed by atoms with Gasteiger partial charge in [-0.25, -0.2) is 5.43 Å². The molecule has 160 valence electrons. The maximum atomic E-state index is 12.2. The van der Waals surface area contributed by atoms with Gasteiger partial charge in [-0.1, -0.05) is 51.3 Å². The molecule has 0 saturated heterocycles. The van der Waals surface area contributed by atoms with Crippen LogP contribution in [0.5, 0.6) is 17.2 Å². The number of rotatable bonds is 7. The van der Waals surface area contributed by atoms with Crippen molar-refractivity contribution in [3.05, 3.63) is 85.8 Å². The van der Waals surface area contributed by atoms with Crippen molar-refractivity contribution in [1.29, 1.82) is 0 Å². The summed E-state index contributed by atoms with van der Waals surface area (Å²) in [7, 11) is 1.50. The van der Waals surface area contributed by atoms with Gasteiger partial charge in [0.15, 0.2) is 11.5 Å². The number of carbonyl (C=O) groups excluding carboxylic acids is 1. The molecule has 0 aromatic heterocycles. The monoisotopic (exact) mass is 522 g/mol. The van der Waals surface area contributed by atoms with E-state index in [-0.39, 0.29) is 17.9 Å². The standard InChI is InChI=1S/C22H17BrCl2N2O4/c1-30-20-9-14(11-26-27-22(29)17-10-15(23)4-7-19(17)28)8-18(25)21(20)31-12-13-2-5-16(24)6-3-13/h2-11,28H,12H2,1H3,(H,27,29)/b26-11-. The highest BCUT2D eigenvalue weighted by Crippen LogP contribution is 2.36. The predicted octanol–water partition coefficient (Wildman–Crippen LogP) is 5.81. The molecule has 6 nitrogen and oxygen atoms in total. The molecule has 0 heterocycles. The normalized spacial score (nSPS) is 10.8. The summed E-state index contributed by atoms with van der Waals surface area (Å²) in [5, 5.41) is 14.7. The fourth-order valence-corrected chi connectivity index (χ4v) is 3.37. The smallest absolute Gasteiger partial charge is 0.275 e. The number of ether oxygens (including phenoxy) is 2. The van der Waals surface area contributed by atoms with Crippen molar-refractivity contribution in [2.24, 2.45) is 5.10 Å². The van der Waals surface area contributed by atoms with Crippen LogP contribution in [0.1, 0.15) is 21.5 Å². The van der Waals surface area contributed by atoms with Gasteiger partial charge in [0.25, 0.3) is 5.91 Å². The first-order valence-corrected chi connectivity index (χ1v) is 10.5. The topological polar surface area (TPSA) is 80.2 Å². The van der Waals surface area contributed by atoms with E-state index >= 15 is 0 Å². The van der Waals surface area contributed by atoms with E-state index in [1.54, 1.807) is 30.3 Å². The molecule has 31 heavy (non-hydrogen) atoms. The van der Waals surface area contributed by atoms with Crippen LogP contribution in [0.15, 0.2) is 64.2 Å². The summed E-state index contributed by atoms with van der Waals surface area (Å²) in [6, 6.07) is 15.1. The van der Waals surface area contributed by atoms with Gasteiger partial charge in [-0.15, -0.1) is 0 Å². The second kappa shape index (κ2) is 10.5. The van der Waals surface area contributed by atoms with Gasteiger partial charge in [0.2, 0.25) is 0 Å². The largest absolute Gasteiger partial charge is 0.507 e. The molecule has 0 atom stereocenters. The summed E-state index contributed by atoms with van der Waals surface area (Å²) in [4.78, 5) is 12.2. The molecule has 0 radical (unpaired) electrons. The van der Waals surface area contributed by atoms with Crippen LogP contribution >= 0.6 is 39.1 Å². The molecule has 3 aromatic rings. The zero-order valence-electron chi connectivity index (χ0n) is 16.2. The van der Waals surface area contributed by atoms with Gasteiger partial charge in [0.05, 0.1) is 23.9 Å². The summed E-state index contributed by atoms with van der Waals surface area (Å²) < 4.78 is 11.9. The van der Waals surface area contributed by atoms with Gasteiger partial charge >= 0.3 is 0 Å². The number of halogens is 3. The maximum absolute atomic E-state index is 12.2. The lowest BCUT2D eigenvalue weighted by Crippen LogP contribution is -2.17. The lowest BCUT2D eigenvalue weighted by atomic mass is 10.2. The molecule has 2 N–H and O–H groups in total. The summed E-state index contributed by atoms with van der Waals surface area (Å²) in [5.41, 5.74) is 3.96. The minimum absolute atomic E-state index is 0.0908. The lowest BCUT2D eigenvalue weighted by molar-refractivity contribution is 0.0952. The number of aromatic hydroxyl groups is 1. The van der Waals surface area contributed by atoms with E-state index in [1.807, 2.05) is 12.1 Å². The molecule has 3 aromatic carbocycles. The fourth-order valence-electron chi connectivity index (χ4n) is 2.61. The van der Waals surface area contributed by atoms with Crippen molar-refractivity contribution in [2.45, 2.75) is 6.61 Å². The van der Waals surface area contributed by atoms with E-state index in [9.17, 15) is 9.90 Å². The molecule has 0 aliphatic heterocycles. The van der Waals surface area contributed by atoms with Gasteiger partial charge in [-0.2, -0.15) is 5.10 Å². The van der Waals surface area contributed by atoms with E-state index in [4.69, 9.17) is 32.7 Å². The zero-order chi connectivity index (χ0) is 22.4. The van der Waals surface area contributed by atoms with Crippen LogP contribution in [0.25, 0.3) is 0 Å². The van der Waals surface area contributed by atoms with Gasteiger partial charge in [0.1, 0.15) is 12.4 Å². The molecule has 0 aliphatic carbocycles. The molecule has 9 heteroatoms. The Hall–Kier alpha value is -2.74. The third-order valence-corrected chi connectivity index (χ3v) is 5.16. The van der Waals surface area contributed by atoms with Gasteiger partial charge in [-0.3, -0.25) is 4.79 Å². The molecule has 0 saturated carbocycles. The highest BCUT2D eigenvalue weighted by atomic mass is 79.9. The first-order valence-electron chi connectivity index (χ1n) is 8.94. The van der Waals surface area contributed by atoms with Crippen LogP contribution in [0.3, 0.4) is 0 Å². The summed E-state index contributed by atoms with van der Waals surface area (Å²) in [6.07, 6.45) is 1.41. The zero-order valence-corrected chi connectivity index (χ0v) is 19.3. The van der Waals surface area contributed by atoms with E-state index in [0.29, 0.717) is 31.6 Å². The number of amides is 1. The Kier molecular flexibility index (Phi) is 7.79. The van der Waals surface area contributed by atoms with Crippen LogP contribution in [-0.4, -0.2) is 24.3 Å². The van der Waals surface area contributed by atoms with E-state index in [1.165, 1.54) is 25.5 Å². The second-order valence-electron chi connectivity index (χ2n) is 6.31. The number of hydrazone groups is 1. The number of methoxy groups -OCH3 is 1. The number of nitrogens with one attached hydrogen (secondary N) is 1. The van der Waals surface area contributed by atoms with Crippen LogP contribution in [-0.2, 0) is 6.61 Å². The highest BCUT2D eigenvalue weighted by Gasteiger charge is 2.13. The van der Waals surface area contributed by atoms with Crippen molar-refractivity contribution in [3.63, 3.8) is 0 Å². The number of hydrogen-bond acceptors (Lipinski definition) is 5. The Morgan fingerprint density at radius 3 is 2.61 bits per heavy atom. The fraction of sp³-hybridized carbons (Fsp3) is 0.0909. The SMILES string of the molecule is COc1cc(/C=N\NC(=O)c2cc(Br)ccc2O)cc(Cl)c1OCc1ccc(Cl)cc1. The van der Waals surface area contributed by atoms with Crippen LogP contribution in [0.2, 0.25) is 10.0 Å². The molecular formula is C22H17BrCl2N2O4. The third kappa shape index (κ3) is 6.13. The van der Waals surface area contributed by atoms with E-state index in [2.05, 4.69) is 26.5 Å². The van der Waals surface area contributed by atoms with Gasteiger partial charge in [0, 0.05) is 9.50 Å². The molecule has 0 aliphatic rings. The average molecular weight is 524 g/mol. The number of hydrogen-bond donors (Lipinski definition) is 2. The van der Waals surface area contributed by atoms with Gasteiger partial charge in [-0.05, 0) is 53.6 Å². The number of nitrogens with zero attached hydrogens (tertiary/aromatic N) is 1. The number of phenols is 1. The predicted molar refractivity (Wildman–Crippen MR) is 125 cm³/mol. The number of phenolic OH excluding ortho intramolecular Hbond substituents is 1. The summed E-state index contributed by atoms with van der Waals surface area (Å²) in [6.45, 7) is 0.285. The second-order valence-corrected chi connectivity index (χ2v) is 8.07. The Balaban J connectivity index is 1.70. The Morgan fingerprint density at radius 2 is 1.90 bits per heavy atom. The van der Waals surface area contributed by atoms with Crippen LogP contribution < -0.4 is 14.9 Å². The minimum atomic E-state index is -0.559. The molecular weight excluding hydrogens is 507 g/mol. The number of benzene rings is 3. The molecule has 3 rings (SSSR count). The Morgan fingerprint density at radius 1 is 1.16 bits per heavy atom.